The van der Waals surface area contributed by atoms with E-state index < -0.39 is 5.91 Å². The minimum Gasteiger partial charge on any atom is -0.496 e. The van der Waals surface area contributed by atoms with Gasteiger partial charge in [-0.25, -0.2) is 0 Å². The molecule has 0 unspecified atom stereocenters. The van der Waals surface area contributed by atoms with Crippen LogP contribution in [0.2, 0.25) is 0 Å². The number of likely N-dealkylation sites (N-methyl/N-ethyl adjacent to an activating group) is 1. The molecule has 1 rings (SSSR count). The predicted octanol–water partition coefficient (Wildman–Crippen LogP) is 0.874. The molecule has 0 aliphatic carbocycles. The highest BCUT2D eigenvalue weighted by Crippen LogP contribution is 2.40. The number of amides is 1. The summed E-state index contributed by atoms with van der Waals surface area (Å²) in [5.41, 5.74) is 0.373. The largest absolute Gasteiger partial charge is 0.496 e. The second kappa shape index (κ2) is 5.90. The van der Waals surface area contributed by atoms with Crippen molar-refractivity contribution in [3.05, 3.63) is 12.1 Å². The minimum atomic E-state index is -0.697. The maximum atomic E-state index is 11.4. The Hall–Kier alpha value is -2.24. The molecule has 0 saturated carbocycles. The number of carbonyl (C=O) groups is 2. The van der Waals surface area contributed by atoms with Crippen LogP contribution >= 0.6 is 0 Å². The highest BCUT2D eigenvalue weighted by molar-refractivity contribution is 6.30. The normalized spacial score (nSPS) is 9.56. The first-order valence-electron chi connectivity index (χ1n) is 5.11. The summed E-state index contributed by atoms with van der Waals surface area (Å²) in [5.74, 6) is 0.587. The van der Waals surface area contributed by atoms with E-state index in [0.717, 1.165) is 4.90 Å². The van der Waals surface area contributed by atoms with Crippen LogP contribution in [0.1, 0.15) is 0 Å². The lowest BCUT2D eigenvalue weighted by Crippen LogP contribution is -2.27. The van der Waals surface area contributed by atoms with Crippen LogP contribution in [0.3, 0.4) is 0 Å². The van der Waals surface area contributed by atoms with Gasteiger partial charge in [0, 0.05) is 19.2 Å². The Morgan fingerprint density at radius 3 is 1.94 bits per heavy atom. The Morgan fingerprint density at radius 2 is 1.61 bits per heavy atom. The number of rotatable bonds is 5. The van der Waals surface area contributed by atoms with E-state index in [9.17, 15) is 9.59 Å². The van der Waals surface area contributed by atoms with Gasteiger partial charge in [0.1, 0.15) is 22.9 Å². The summed E-state index contributed by atoms with van der Waals surface area (Å²) >= 11 is 0. The highest BCUT2D eigenvalue weighted by atomic mass is 16.5. The molecule has 0 heterocycles. The lowest BCUT2D eigenvalue weighted by Gasteiger charge is -2.21. The van der Waals surface area contributed by atoms with Crippen molar-refractivity contribution in [2.75, 3.05) is 33.3 Å². The summed E-state index contributed by atoms with van der Waals surface area (Å²) < 4.78 is 15.4. The zero-order chi connectivity index (χ0) is 13.7. The van der Waals surface area contributed by atoms with Crippen molar-refractivity contribution >= 4 is 17.9 Å². The van der Waals surface area contributed by atoms with E-state index in [1.165, 1.54) is 28.4 Å². The number of anilines is 1. The molecule has 18 heavy (non-hydrogen) atoms. The van der Waals surface area contributed by atoms with Gasteiger partial charge in [-0.15, -0.1) is 0 Å². The first kappa shape index (κ1) is 13.8. The summed E-state index contributed by atoms with van der Waals surface area (Å²) in [6.45, 7) is 0. The molecule has 1 amide bonds. The summed E-state index contributed by atoms with van der Waals surface area (Å²) in [6, 6.07) is 3.21. The molecular formula is C12H15NO5. The molecule has 0 saturated heterocycles. The third kappa shape index (κ3) is 2.53. The fourth-order valence-electron chi connectivity index (χ4n) is 1.51. The smallest absolute Gasteiger partial charge is 0.291 e. The standard InChI is InChI=1S/C12H15NO5/c1-13(11(15)7-14)12-9(17-3)5-8(16-2)6-10(12)18-4/h5-7H,1-4H3. The van der Waals surface area contributed by atoms with Gasteiger partial charge in [0.25, 0.3) is 5.91 Å². The Bertz CT molecular complexity index is 433. The number of hydrogen-bond donors (Lipinski definition) is 0. The van der Waals surface area contributed by atoms with Gasteiger partial charge in [-0.2, -0.15) is 0 Å². The second-order valence-electron chi connectivity index (χ2n) is 3.40. The van der Waals surface area contributed by atoms with Gasteiger partial charge in [-0.3, -0.25) is 9.59 Å². The molecule has 0 aliphatic heterocycles. The molecular weight excluding hydrogens is 238 g/mol. The first-order valence-corrected chi connectivity index (χ1v) is 5.11. The van der Waals surface area contributed by atoms with E-state index in [-0.39, 0.29) is 6.29 Å². The van der Waals surface area contributed by atoms with Gasteiger partial charge in [-0.1, -0.05) is 0 Å². The molecule has 0 N–H and O–H groups in total. The van der Waals surface area contributed by atoms with E-state index in [1.54, 1.807) is 12.1 Å². The maximum absolute atomic E-state index is 11.4. The van der Waals surface area contributed by atoms with Crippen molar-refractivity contribution in [3.63, 3.8) is 0 Å². The van der Waals surface area contributed by atoms with Gasteiger partial charge < -0.3 is 19.1 Å². The molecule has 0 spiro atoms. The average molecular weight is 253 g/mol. The highest BCUT2D eigenvalue weighted by Gasteiger charge is 2.21. The van der Waals surface area contributed by atoms with Crippen molar-refractivity contribution < 1.29 is 23.8 Å². The number of nitrogens with zero attached hydrogens (tertiary/aromatic N) is 1. The summed E-state index contributed by atoms with van der Waals surface area (Å²) in [4.78, 5) is 23.1. The van der Waals surface area contributed by atoms with Crippen LogP contribution in [0.4, 0.5) is 5.69 Å². The van der Waals surface area contributed by atoms with Gasteiger partial charge >= 0.3 is 0 Å². The fraction of sp³-hybridized carbons (Fsp3) is 0.333. The van der Waals surface area contributed by atoms with E-state index in [1.807, 2.05) is 0 Å². The van der Waals surface area contributed by atoms with E-state index in [4.69, 9.17) is 14.2 Å². The van der Waals surface area contributed by atoms with E-state index in [0.29, 0.717) is 22.9 Å². The molecule has 0 atom stereocenters. The molecule has 0 aromatic heterocycles. The number of hydrogen-bond acceptors (Lipinski definition) is 5. The van der Waals surface area contributed by atoms with Crippen LogP contribution in [-0.4, -0.2) is 40.6 Å². The Kier molecular flexibility index (Phi) is 4.53. The minimum absolute atomic E-state index is 0.225. The van der Waals surface area contributed by atoms with Crippen molar-refractivity contribution in [1.29, 1.82) is 0 Å². The van der Waals surface area contributed by atoms with Crippen LogP contribution in [0.25, 0.3) is 0 Å². The van der Waals surface area contributed by atoms with Crippen LogP contribution in [0.5, 0.6) is 17.2 Å². The van der Waals surface area contributed by atoms with Gasteiger partial charge in [0.15, 0.2) is 0 Å². The quantitative estimate of drug-likeness (QED) is 0.575. The SMILES string of the molecule is COc1cc(OC)c(N(C)C(=O)C=O)c(OC)c1. The third-order valence-corrected chi connectivity index (χ3v) is 2.46. The molecule has 0 fully saturated rings. The van der Waals surface area contributed by atoms with Crippen LogP contribution in [-0.2, 0) is 9.59 Å². The molecule has 0 radical (unpaired) electrons. The molecule has 0 bridgehead atoms. The maximum Gasteiger partial charge on any atom is 0.291 e. The number of methoxy groups -OCH3 is 3. The van der Waals surface area contributed by atoms with Gasteiger partial charge in [-0.05, 0) is 0 Å². The first-order chi connectivity index (χ1) is 8.58. The Labute approximate surface area is 105 Å². The van der Waals surface area contributed by atoms with Crippen molar-refractivity contribution in [3.8, 4) is 17.2 Å². The third-order valence-electron chi connectivity index (χ3n) is 2.46. The predicted molar refractivity (Wildman–Crippen MR) is 65.6 cm³/mol. The Balaban J connectivity index is 3.39. The molecule has 0 aliphatic rings. The molecule has 6 heteroatoms. The second-order valence-corrected chi connectivity index (χ2v) is 3.40. The summed E-state index contributed by atoms with van der Waals surface area (Å²) in [7, 11) is 5.88. The number of aldehydes is 1. The summed E-state index contributed by atoms with van der Waals surface area (Å²) in [5, 5.41) is 0. The van der Waals surface area contributed by atoms with Crippen molar-refractivity contribution in [1.82, 2.24) is 0 Å². The number of ether oxygens (including phenoxy) is 3. The van der Waals surface area contributed by atoms with Crippen molar-refractivity contribution in [2.45, 2.75) is 0 Å². The zero-order valence-electron chi connectivity index (χ0n) is 10.7. The number of carbonyl (C=O) groups excluding carboxylic acids is 2. The lowest BCUT2D eigenvalue weighted by molar-refractivity contribution is -0.129. The zero-order valence-corrected chi connectivity index (χ0v) is 10.7. The molecule has 1 aromatic carbocycles. The monoisotopic (exact) mass is 253 g/mol. The van der Waals surface area contributed by atoms with Gasteiger partial charge in [0.05, 0.1) is 21.3 Å². The van der Waals surface area contributed by atoms with Crippen LogP contribution in [0, 0.1) is 0 Å². The summed E-state index contributed by atoms with van der Waals surface area (Å²) in [6.07, 6.45) is 0.225. The van der Waals surface area contributed by atoms with Gasteiger partial charge in [0.2, 0.25) is 6.29 Å². The fourth-order valence-corrected chi connectivity index (χ4v) is 1.51. The Morgan fingerprint density at radius 1 is 1.11 bits per heavy atom. The van der Waals surface area contributed by atoms with Crippen LogP contribution < -0.4 is 19.1 Å². The lowest BCUT2D eigenvalue weighted by atomic mass is 10.2. The van der Waals surface area contributed by atoms with E-state index in [2.05, 4.69) is 0 Å². The number of benzene rings is 1. The average Bonchev–Trinajstić information content (AvgIpc) is 2.43. The molecule has 1 aromatic rings. The topological polar surface area (TPSA) is 65.1 Å². The molecule has 98 valence electrons. The van der Waals surface area contributed by atoms with Crippen LogP contribution in [0.15, 0.2) is 12.1 Å². The van der Waals surface area contributed by atoms with E-state index >= 15 is 0 Å². The molecule has 6 nitrogen and oxygen atoms in total. The van der Waals surface area contributed by atoms with Crippen molar-refractivity contribution in [2.24, 2.45) is 0 Å².